The molecule has 0 spiro atoms. The summed E-state index contributed by atoms with van der Waals surface area (Å²) >= 11 is 5.12. The first-order chi connectivity index (χ1) is 8.88. The van der Waals surface area contributed by atoms with E-state index in [4.69, 9.17) is 22.7 Å². The lowest BCUT2D eigenvalue weighted by Crippen LogP contribution is -2.53. The maximum absolute atomic E-state index is 12.5. The van der Waals surface area contributed by atoms with Gasteiger partial charge in [0.15, 0.2) is 0 Å². The Morgan fingerprint density at radius 3 is 2.53 bits per heavy atom. The zero-order valence-corrected chi connectivity index (χ0v) is 12.9. The molecule has 0 bridgehead atoms. The van der Waals surface area contributed by atoms with E-state index in [1.165, 1.54) is 0 Å². The molecule has 1 aliphatic rings. The van der Waals surface area contributed by atoms with Gasteiger partial charge in [-0.15, -0.1) is 0 Å². The predicted octanol–water partition coefficient (Wildman–Crippen LogP) is 0.526. The molecule has 0 aromatic rings. The van der Waals surface area contributed by atoms with Crippen LogP contribution >= 0.6 is 12.2 Å². The summed E-state index contributed by atoms with van der Waals surface area (Å²) in [6.07, 6.45) is 2.06. The zero-order chi connectivity index (χ0) is 14.5. The van der Waals surface area contributed by atoms with Gasteiger partial charge in [-0.1, -0.05) is 12.2 Å². The fourth-order valence-corrected chi connectivity index (χ4v) is 2.49. The fourth-order valence-electron chi connectivity index (χ4n) is 2.19. The van der Waals surface area contributed by atoms with Crippen LogP contribution in [0.25, 0.3) is 0 Å². The maximum atomic E-state index is 12.5. The number of nitrogens with zero attached hydrogens (tertiary/aromatic N) is 1. The van der Waals surface area contributed by atoms with Crippen molar-refractivity contribution in [3.8, 4) is 0 Å². The summed E-state index contributed by atoms with van der Waals surface area (Å²) in [5.41, 5.74) is 5.09. The van der Waals surface area contributed by atoms with Gasteiger partial charge in [-0.25, -0.2) is 0 Å². The van der Waals surface area contributed by atoms with Crippen LogP contribution in [0.1, 0.15) is 26.2 Å². The SMILES string of the molecule is CC(CCN(C)C)NC(=O)C1(C(N)=S)CCOCC1. The maximum Gasteiger partial charge on any atom is 0.233 e. The monoisotopic (exact) mass is 287 g/mol. The smallest absolute Gasteiger partial charge is 0.233 e. The summed E-state index contributed by atoms with van der Waals surface area (Å²) in [5.74, 6) is -0.0467. The number of rotatable bonds is 6. The van der Waals surface area contributed by atoms with Crippen LogP contribution in [0.5, 0.6) is 0 Å². The highest BCUT2D eigenvalue weighted by Gasteiger charge is 2.43. The van der Waals surface area contributed by atoms with Crippen molar-refractivity contribution in [2.24, 2.45) is 11.1 Å². The van der Waals surface area contributed by atoms with Crippen LogP contribution in [0.3, 0.4) is 0 Å². The minimum absolute atomic E-state index is 0.0467. The van der Waals surface area contributed by atoms with Crippen molar-refractivity contribution in [1.29, 1.82) is 0 Å². The van der Waals surface area contributed by atoms with Crippen LogP contribution in [0.15, 0.2) is 0 Å². The van der Waals surface area contributed by atoms with Crippen LogP contribution in [0.4, 0.5) is 0 Å². The molecule has 0 saturated carbocycles. The van der Waals surface area contributed by atoms with Crippen molar-refractivity contribution in [3.63, 3.8) is 0 Å². The molecule has 1 saturated heterocycles. The normalized spacial score (nSPS) is 20.0. The third-order valence-corrected chi connectivity index (χ3v) is 4.03. The lowest BCUT2D eigenvalue weighted by Gasteiger charge is -2.35. The Balaban J connectivity index is 2.60. The molecule has 1 heterocycles. The minimum atomic E-state index is -0.722. The van der Waals surface area contributed by atoms with E-state index in [0.29, 0.717) is 26.1 Å². The van der Waals surface area contributed by atoms with Crippen molar-refractivity contribution < 1.29 is 9.53 Å². The summed E-state index contributed by atoms with van der Waals surface area (Å²) in [4.78, 5) is 14.9. The van der Waals surface area contributed by atoms with E-state index in [-0.39, 0.29) is 16.9 Å². The lowest BCUT2D eigenvalue weighted by molar-refractivity contribution is -0.132. The van der Waals surface area contributed by atoms with Crippen LogP contribution < -0.4 is 11.1 Å². The molecule has 0 radical (unpaired) electrons. The van der Waals surface area contributed by atoms with Crippen molar-refractivity contribution in [2.75, 3.05) is 33.9 Å². The Kier molecular flexibility index (Phi) is 6.16. The molecular weight excluding hydrogens is 262 g/mol. The Morgan fingerprint density at radius 2 is 2.05 bits per heavy atom. The highest BCUT2D eigenvalue weighted by Crippen LogP contribution is 2.31. The number of hydrogen-bond donors (Lipinski definition) is 2. The summed E-state index contributed by atoms with van der Waals surface area (Å²) in [5, 5.41) is 3.04. The molecule has 1 atom stereocenters. The predicted molar refractivity (Wildman–Crippen MR) is 80.0 cm³/mol. The first-order valence-electron chi connectivity index (χ1n) is 6.72. The molecule has 1 amide bonds. The van der Waals surface area contributed by atoms with Gasteiger partial charge in [-0.2, -0.15) is 0 Å². The van der Waals surface area contributed by atoms with Crippen LogP contribution in [0.2, 0.25) is 0 Å². The summed E-state index contributed by atoms with van der Waals surface area (Å²) in [6.45, 7) is 4.02. The molecule has 110 valence electrons. The van der Waals surface area contributed by atoms with Gasteiger partial charge < -0.3 is 20.7 Å². The van der Waals surface area contributed by atoms with E-state index in [0.717, 1.165) is 13.0 Å². The van der Waals surface area contributed by atoms with Crippen molar-refractivity contribution in [3.05, 3.63) is 0 Å². The van der Waals surface area contributed by atoms with Crippen molar-refractivity contribution >= 4 is 23.1 Å². The van der Waals surface area contributed by atoms with Crippen LogP contribution in [-0.4, -0.2) is 55.7 Å². The average Bonchev–Trinajstić information content (AvgIpc) is 2.36. The van der Waals surface area contributed by atoms with Crippen LogP contribution in [-0.2, 0) is 9.53 Å². The van der Waals surface area contributed by atoms with Gasteiger partial charge in [0, 0.05) is 19.3 Å². The van der Waals surface area contributed by atoms with E-state index in [9.17, 15) is 4.79 Å². The molecule has 1 fully saturated rings. The molecular formula is C13H25N3O2S. The molecule has 3 N–H and O–H groups in total. The van der Waals surface area contributed by atoms with Gasteiger partial charge in [0.2, 0.25) is 5.91 Å². The molecule has 0 aromatic heterocycles. The van der Waals surface area contributed by atoms with Gasteiger partial charge in [-0.3, -0.25) is 4.79 Å². The Hall–Kier alpha value is -0.720. The Labute approximate surface area is 120 Å². The first-order valence-corrected chi connectivity index (χ1v) is 7.12. The molecule has 6 heteroatoms. The third-order valence-electron chi connectivity index (χ3n) is 3.64. The number of hydrogen-bond acceptors (Lipinski definition) is 4. The highest BCUT2D eigenvalue weighted by molar-refractivity contribution is 7.80. The molecule has 0 aliphatic carbocycles. The van der Waals surface area contributed by atoms with Crippen molar-refractivity contribution in [1.82, 2.24) is 10.2 Å². The molecule has 1 unspecified atom stereocenters. The highest BCUT2D eigenvalue weighted by atomic mass is 32.1. The first kappa shape index (κ1) is 16.3. The van der Waals surface area contributed by atoms with E-state index >= 15 is 0 Å². The fraction of sp³-hybridized carbons (Fsp3) is 0.846. The van der Waals surface area contributed by atoms with Gasteiger partial charge in [0.1, 0.15) is 5.41 Å². The van der Waals surface area contributed by atoms with Gasteiger partial charge in [0.05, 0.1) is 4.99 Å². The number of thiocarbonyl (C=S) groups is 1. The number of carbonyl (C=O) groups is 1. The Morgan fingerprint density at radius 1 is 1.47 bits per heavy atom. The van der Waals surface area contributed by atoms with Gasteiger partial charge in [-0.05, 0) is 46.8 Å². The van der Waals surface area contributed by atoms with Gasteiger partial charge >= 0.3 is 0 Å². The number of carbonyl (C=O) groups excluding carboxylic acids is 1. The zero-order valence-electron chi connectivity index (χ0n) is 12.1. The molecule has 1 aliphatic heterocycles. The third kappa shape index (κ3) is 4.40. The quantitative estimate of drug-likeness (QED) is 0.697. The Bertz CT molecular complexity index is 328. The molecule has 5 nitrogen and oxygen atoms in total. The summed E-state index contributed by atoms with van der Waals surface area (Å²) in [6, 6.07) is 0.115. The number of nitrogens with one attached hydrogen (secondary N) is 1. The summed E-state index contributed by atoms with van der Waals surface area (Å²) in [7, 11) is 4.03. The number of amides is 1. The topological polar surface area (TPSA) is 67.6 Å². The second kappa shape index (κ2) is 7.17. The average molecular weight is 287 g/mol. The van der Waals surface area contributed by atoms with Gasteiger partial charge in [0.25, 0.3) is 0 Å². The number of ether oxygens (including phenoxy) is 1. The molecule has 0 aromatic carbocycles. The van der Waals surface area contributed by atoms with Crippen LogP contribution in [0, 0.1) is 5.41 Å². The number of nitrogens with two attached hydrogens (primary N) is 1. The molecule has 1 rings (SSSR count). The minimum Gasteiger partial charge on any atom is -0.392 e. The van der Waals surface area contributed by atoms with E-state index in [1.807, 2.05) is 21.0 Å². The van der Waals surface area contributed by atoms with Crippen molar-refractivity contribution in [2.45, 2.75) is 32.2 Å². The standard InChI is InChI=1S/C13H25N3O2S/c1-10(4-7-16(2)3)15-12(17)13(11(14)19)5-8-18-9-6-13/h10H,4-9H2,1-3H3,(H2,14,19)(H,15,17). The van der Waals surface area contributed by atoms with E-state index in [2.05, 4.69) is 10.2 Å². The van der Waals surface area contributed by atoms with E-state index in [1.54, 1.807) is 0 Å². The lowest BCUT2D eigenvalue weighted by atomic mass is 9.79. The molecule has 19 heavy (non-hydrogen) atoms. The largest absolute Gasteiger partial charge is 0.392 e. The second-order valence-electron chi connectivity index (χ2n) is 5.53. The summed E-state index contributed by atoms with van der Waals surface area (Å²) < 4.78 is 5.31. The second-order valence-corrected chi connectivity index (χ2v) is 5.97. The van der Waals surface area contributed by atoms with E-state index < -0.39 is 5.41 Å².